The van der Waals surface area contributed by atoms with Crippen LogP contribution in [0.1, 0.15) is 35.7 Å². The van der Waals surface area contributed by atoms with E-state index in [-0.39, 0.29) is 17.6 Å². The number of nitrogens with zero attached hydrogens (tertiary/aromatic N) is 2. The van der Waals surface area contributed by atoms with Gasteiger partial charge in [-0.3, -0.25) is 4.79 Å². The Bertz CT molecular complexity index is 1060. The number of rotatable bonds is 4. The maximum Gasteiger partial charge on any atom is 0.307 e. The molecule has 0 atom stereocenters. The zero-order valence-electron chi connectivity index (χ0n) is 15.4. The monoisotopic (exact) mass is 395 g/mol. The average Bonchev–Trinajstić information content (AvgIpc) is 3.01. The molecule has 1 N–H and O–H groups in total. The first-order valence-electron chi connectivity index (χ1n) is 8.92. The van der Waals surface area contributed by atoms with Crippen LogP contribution in [-0.4, -0.2) is 23.1 Å². The minimum Gasteiger partial charge on any atom is -0.423 e. The number of halogens is 1. The van der Waals surface area contributed by atoms with Gasteiger partial charge < -0.3 is 9.73 Å². The highest BCUT2D eigenvalue weighted by atomic mass is 32.2. The van der Waals surface area contributed by atoms with Crippen molar-refractivity contribution >= 4 is 29.2 Å². The van der Waals surface area contributed by atoms with E-state index in [1.165, 1.54) is 23.9 Å². The second-order valence-electron chi connectivity index (χ2n) is 6.80. The highest BCUT2D eigenvalue weighted by molar-refractivity contribution is 7.99. The third-order valence-corrected chi connectivity index (χ3v) is 5.15. The summed E-state index contributed by atoms with van der Waals surface area (Å²) in [5, 5.41) is 3.25. The lowest BCUT2D eigenvalue weighted by Crippen LogP contribution is -2.27. The third kappa shape index (κ3) is 3.71. The number of nitrogens with one attached hydrogen (secondary N) is 1. The molecule has 7 heteroatoms. The number of aromatic nitrogens is 1. The number of benzene rings is 2. The zero-order valence-corrected chi connectivity index (χ0v) is 16.2. The van der Waals surface area contributed by atoms with Gasteiger partial charge in [-0.05, 0) is 48.0 Å². The molecule has 1 amide bonds. The van der Waals surface area contributed by atoms with E-state index in [1.54, 1.807) is 12.1 Å². The van der Waals surface area contributed by atoms with Crippen LogP contribution in [0.25, 0.3) is 0 Å². The van der Waals surface area contributed by atoms with Crippen LogP contribution in [-0.2, 0) is 0 Å². The lowest BCUT2D eigenvalue weighted by molar-refractivity contribution is 0.0909. The molecule has 1 aliphatic rings. The summed E-state index contributed by atoms with van der Waals surface area (Å²) in [5.74, 6) is -0.0305. The molecule has 0 unspecified atom stereocenters. The minimum absolute atomic E-state index is 0.0141. The van der Waals surface area contributed by atoms with E-state index in [2.05, 4.69) is 15.3 Å². The number of carbonyl (C=O) groups is 1. The van der Waals surface area contributed by atoms with Gasteiger partial charge in [0.05, 0.1) is 5.71 Å². The summed E-state index contributed by atoms with van der Waals surface area (Å²) >= 11 is 1.37. The summed E-state index contributed by atoms with van der Waals surface area (Å²) in [5.41, 5.74) is 2.32. The Morgan fingerprint density at radius 1 is 1.18 bits per heavy atom. The van der Waals surface area contributed by atoms with Gasteiger partial charge in [0.25, 0.3) is 5.89 Å². The molecule has 28 heavy (non-hydrogen) atoms. The predicted octanol–water partition coefficient (Wildman–Crippen LogP) is 4.83. The van der Waals surface area contributed by atoms with Gasteiger partial charge in [0, 0.05) is 22.6 Å². The molecule has 142 valence electrons. The number of hydrogen-bond donors (Lipinski definition) is 1. The van der Waals surface area contributed by atoms with Gasteiger partial charge >= 0.3 is 5.91 Å². The maximum absolute atomic E-state index is 13.4. The van der Waals surface area contributed by atoms with Crippen LogP contribution in [0.3, 0.4) is 0 Å². The summed E-state index contributed by atoms with van der Waals surface area (Å²) < 4.78 is 19.1. The molecule has 0 radical (unpaired) electrons. The molecule has 0 saturated heterocycles. The van der Waals surface area contributed by atoms with Crippen molar-refractivity contribution in [3.8, 4) is 0 Å². The summed E-state index contributed by atoms with van der Waals surface area (Å²) in [4.78, 5) is 22.2. The molecule has 1 aliphatic heterocycles. The fraction of sp³-hybridized carbons (Fsp3) is 0.190. The van der Waals surface area contributed by atoms with Crippen molar-refractivity contribution in [3.05, 3.63) is 71.4 Å². The van der Waals surface area contributed by atoms with Crippen LogP contribution >= 0.6 is 11.8 Å². The van der Waals surface area contributed by atoms with Gasteiger partial charge in [-0.25, -0.2) is 9.38 Å². The molecule has 0 fully saturated rings. The van der Waals surface area contributed by atoms with Crippen molar-refractivity contribution in [1.29, 1.82) is 0 Å². The Hall–Kier alpha value is -2.93. The van der Waals surface area contributed by atoms with Crippen LogP contribution in [0.15, 0.2) is 67.9 Å². The molecular formula is C21H18FN3O2S. The first kappa shape index (κ1) is 18.4. The van der Waals surface area contributed by atoms with Crippen molar-refractivity contribution in [1.82, 2.24) is 10.3 Å². The summed E-state index contributed by atoms with van der Waals surface area (Å²) in [6.07, 6.45) is 0. The predicted molar refractivity (Wildman–Crippen MR) is 106 cm³/mol. The number of oxazole rings is 1. The van der Waals surface area contributed by atoms with E-state index in [9.17, 15) is 9.18 Å². The number of aliphatic imine (C=N–C) groups is 1. The lowest BCUT2D eigenvalue weighted by atomic mass is 10.0. The number of carbonyl (C=O) groups excluding carboxylic acids is 1. The van der Waals surface area contributed by atoms with Gasteiger partial charge in [-0.2, -0.15) is 4.98 Å². The molecule has 1 aromatic heterocycles. The second kappa shape index (κ2) is 7.59. The molecule has 4 rings (SSSR count). The standard InChI is InChI=1S/C21H18FN3O2S/c1-12(2)11-23-19(26)20-25-18-21(27-20)28-16-6-4-3-5-15(16)17(24-18)13-7-9-14(22)10-8-13/h3-10,12H,11H2,1-2H3,(H,23,26). The molecule has 2 aromatic carbocycles. The zero-order chi connectivity index (χ0) is 19.7. The van der Waals surface area contributed by atoms with Gasteiger partial charge in [-0.15, -0.1) is 0 Å². The molecule has 3 aromatic rings. The third-order valence-electron chi connectivity index (χ3n) is 4.12. The number of fused-ring (bicyclic) bond motifs is 2. The molecule has 0 saturated carbocycles. The smallest absolute Gasteiger partial charge is 0.307 e. The number of hydrogen-bond acceptors (Lipinski definition) is 5. The van der Waals surface area contributed by atoms with Gasteiger partial charge in [0.15, 0.2) is 0 Å². The highest BCUT2D eigenvalue weighted by Crippen LogP contribution is 2.41. The maximum atomic E-state index is 13.4. The summed E-state index contributed by atoms with van der Waals surface area (Å²) in [7, 11) is 0. The van der Waals surface area contributed by atoms with Crippen LogP contribution in [0.5, 0.6) is 0 Å². The highest BCUT2D eigenvalue weighted by Gasteiger charge is 2.25. The van der Waals surface area contributed by atoms with E-state index in [1.807, 2.05) is 38.1 Å². The van der Waals surface area contributed by atoms with Crippen LogP contribution in [0, 0.1) is 11.7 Å². The molecule has 0 spiro atoms. The fourth-order valence-corrected chi connectivity index (χ4v) is 3.67. The van der Waals surface area contributed by atoms with Gasteiger partial charge in [0.2, 0.25) is 10.9 Å². The van der Waals surface area contributed by atoms with Crippen molar-refractivity contribution in [2.24, 2.45) is 10.9 Å². The van der Waals surface area contributed by atoms with Crippen LogP contribution < -0.4 is 5.32 Å². The van der Waals surface area contributed by atoms with E-state index in [0.29, 0.717) is 29.1 Å². The summed E-state index contributed by atoms with van der Waals surface area (Å²) in [6.45, 7) is 4.56. The van der Waals surface area contributed by atoms with E-state index in [4.69, 9.17) is 4.42 Å². The average molecular weight is 395 g/mol. The van der Waals surface area contributed by atoms with Crippen molar-refractivity contribution < 1.29 is 13.6 Å². The van der Waals surface area contributed by atoms with Gasteiger partial charge in [0.1, 0.15) is 5.82 Å². The minimum atomic E-state index is -0.366. The Morgan fingerprint density at radius 2 is 1.93 bits per heavy atom. The topological polar surface area (TPSA) is 67.5 Å². The first-order valence-corrected chi connectivity index (χ1v) is 9.74. The SMILES string of the molecule is CC(C)CNC(=O)c1nc2c(o1)Sc1ccccc1C(c1ccc(F)cc1)=N2. The van der Waals surface area contributed by atoms with E-state index in [0.717, 1.165) is 16.0 Å². The van der Waals surface area contributed by atoms with Crippen molar-refractivity contribution in [2.75, 3.05) is 6.54 Å². The Labute approximate surface area is 166 Å². The molecule has 2 heterocycles. The van der Waals surface area contributed by atoms with Crippen molar-refractivity contribution in [3.63, 3.8) is 0 Å². The molecule has 5 nitrogen and oxygen atoms in total. The normalized spacial score (nSPS) is 12.8. The first-order chi connectivity index (χ1) is 13.5. The lowest BCUT2D eigenvalue weighted by Gasteiger charge is -2.09. The fourth-order valence-electron chi connectivity index (χ4n) is 2.75. The van der Waals surface area contributed by atoms with Crippen molar-refractivity contribution in [2.45, 2.75) is 23.8 Å². The van der Waals surface area contributed by atoms with Crippen LogP contribution in [0.4, 0.5) is 10.2 Å². The molecule has 0 aliphatic carbocycles. The van der Waals surface area contributed by atoms with E-state index < -0.39 is 0 Å². The van der Waals surface area contributed by atoms with Crippen LogP contribution in [0.2, 0.25) is 0 Å². The van der Waals surface area contributed by atoms with E-state index >= 15 is 0 Å². The molecule has 0 bridgehead atoms. The second-order valence-corrected chi connectivity index (χ2v) is 7.81. The Kier molecular flexibility index (Phi) is 5.00. The molecular weight excluding hydrogens is 377 g/mol. The number of amides is 1. The summed E-state index contributed by atoms with van der Waals surface area (Å²) in [6, 6.07) is 13.9. The quantitative estimate of drug-likeness (QED) is 0.537. The Balaban J connectivity index is 1.77. The Morgan fingerprint density at radius 3 is 2.68 bits per heavy atom. The largest absolute Gasteiger partial charge is 0.423 e. The van der Waals surface area contributed by atoms with Gasteiger partial charge in [-0.1, -0.05) is 32.0 Å².